The van der Waals surface area contributed by atoms with Crippen molar-refractivity contribution in [3.63, 3.8) is 0 Å². The minimum atomic E-state index is -0.220. The number of rotatable bonds is 1. The van der Waals surface area contributed by atoms with Gasteiger partial charge in [-0.25, -0.2) is 0 Å². The van der Waals surface area contributed by atoms with Crippen molar-refractivity contribution in [3.05, 3.63) is 15.9 Å². The van der Waals surface area contributed by atoms with Crippen LogP contribution in [0.5, 0.6) is 0 Å². The minimum absolute atomic E-state index is 0.166. The van der Waals surface area contributed by atoms with Crippen molar-refractivity contribution in [1.29, 1.82) is 0 Å². The van der Waals surface area contributed by atoms with Crippen LogP contribution < -0.4 is 5.46 Å². The van der Waals surface area contributed by atoms with Crippen LogP contribution >= 0.6 is 0 Å². The van der Waals surface area contributed by atoms with E-state index in [0.717, 1.165) is 0 Å². The molecule has 2 nitrogen and oxygen atoms in total. The summed E-state index contributed by atoms with van der Waals surface area (Å²) in [4.78, 5) is 4.41. The van der Waals surface area contributed by atoms with Crippen LogP contribution in [0.2, 0.25) is 0 Å². The Balaban J connectivity index is 2.22. The summed E-state index contributed by atoms with van der Waals surface area (Å²) in [5.74, 6) is 0. The molecule has 0 aliphatic carbocycles. The van der Waals surface area contributed by atoms with Crippen LogP contribution in [-0.2, 0) is 9.31 Å². The second kappa shape index (κ2) is 3.24. The second-order valence-corrected chi connectivity index (χ2v) is 6.28. The first-order chi connectivity index (χ1) is 6.42. The summed E-state index contributed by atoms with van der Waals surface area (Å²) in [5.41, 5.74) is 0.743. The van der Waals surface area contributed by atoms with Crippen molar-refractivity contribution < 1.29 is 9.31 Å². The summed E-state index contributed by atoms with van der Waals surface area (Å²) in [6.07, 6.45) is 0. The first-order valence-corrected chi connectivity index (χ1v) is 6.78. The fraction of sp³-hybridized carbons (Fsp3) is 0.600. The van der Waals surface area contributed by atoms with Gasteiger partial charge in [0.1, 0.15) is 0 Å². The summed E-state index contributed by atoms with van der Waals surface area (Å²) in [5, 5.41) is 0. The van der Waals surface area contributed by atoms with Gasteiger partial charge in [0.25, 0.3) is 0 Å². The molecule has 76 valence electrons. The molecule has 1 saturated heterocycles. The van der Waals surface area contributed by atoms with Crippen LogP contribution in [-0.4, -0.2) is 32.8 Å². The molecule has 0 amide bonds. The van der Waals surface area contributed by atoms with Gasteiger partial charge in [-0.3, -0.25) is 0 Å². The molecule has 0 saturated carbocycles. The topological polar surface area (TPSA) is 18.5 Å². The molecule has 0 N–H and O–H groups in total. The van der Waals surface area contributed by atoms with Crippen LogP contribution in [0.25, 0.3) is 0 Å². The van der Waals surface area contributed by atoms with E-state index < -0.39 is 0 Å². The fourth-order valence-corrected chi connectivity index (χ4v) is 2.78. The first-order valence-electron chi connectivity index (χ1n) is 4.80. The molecule has 1 aromatic rings. The van der Waals surface area contributed by atoms with Crippen molar-refractivity contribution in [1.82, 2.24) is 0 Å². The monoisotopic (exact) mass is 258 g/mol. The molecule has 1 aliphatic heterocycles. The zero-order chi connectivity index (χ0) is 10.4. The molecular weight excluding hydrogens is 242 g/mol. The van der Waals surface area contributed by atoms with Gasteiger partial charge in [0.05, 0.1) is 0 Å². The van der Waals surface area contributed by atoms with Crippen molar-refractivity contribution in [2.45, 2.75) is 38.9 Å². The molecule has 2 rings (SSSR count). The molecule has 0 atom stereocenters. The van der Waals surface area contributed by atoms with Crippen molar-refractivity contribution in [2.75, 3.05) is 0 Å². The molecule has 1 fully saturated rings. The third-order valence-corrected chi connectivity index (χ3v) is 4.54. The van der Waals surface area contributed by atoms with E-state index in [0.29, 0.717) is 14.5 Å². The number of hydrogen-bond donors (Lipinski definition) is 0. The fourth-order valence-electron chi connectivity index (χ4n) is 1.39. The molecular formula is C10H15BO2Se. The molecule has 1 aromatic heterocycles. The van der Waals surface area contributed by atoms with Crippen molar-refractivity contribution in [2.24, 2.45) is 0 Å². The Labute approximate surface area is 91.5 Å². The zero-order valence-corrected chi connectivity index (χ0v) is 10.7. The molecule has 14 heavy (non-hydrogen) atoms. The van der Waals surface area contributed by atoms with Gasteiger partial charge < -0.3 is 0 Å². The third-order valence-electron chi connectivity index (χ3n) is 3.07. The van der Waals surface area contributed by atoms with Gasteiger partial charge in [0, 0.05) is 0 Å². The Hall–Kier alpha value is -0.0156. The zero-order valence-electron chi connectivity index (χ0n) is 9.03. The molecule has 2 heterocycles. The summed E-state index contributed by atoms with van der Waals surface area (Å²) in [6.45, 7) is 8.32. The summed E-state index contributed by atoms with van der Waals surface area (Å²) < 4.78 is 11.8. The molecule has 1 aliphatic rings. The molecule has 0 spiro atoms. The van der Waals surface area contributed by atoms with E-state index in [1.807, 2.05) is 0 Å². The van der Waals surface area contributed by atoms with Crippen LogP contribution in [0, 0.1) is 0 Å². The average molecular weight is 257 g/mol. The van der Waals surface area contributed by atoms with Gasteiger partial charge in [0.15, 0.2) is 0 Å². The van der Waals surface area contributed by atoms with Crippen LogP contribution in [0.15, 0.2) is 15.9 Å². The SMILES string of the molecule is CC1(C)OB(c2cc[se]c2)OC1(C)C. The van der Waals surface area contributed by atoms with Gasteiger partial charge >= 0.3 is 91.2 Å². The maximum atomic E-state index is 5.92. The standard InChI is InChI=1S/C10H15BO2Se/c1-9(2)10(3,4)13-11(12-9)8-5-6-14-7-8/h5-7H,1-4H3. The Morgan fingerprint density at radius 1 is 1.14 bits per heavy atom. The van der Waals surface area contributed by atoms with E-state index in [4.69, 9.17) is 9.31 Å². The molecule has 0 bridgehead atoms. The maximum absolute atomic E-state index is 5.92. The molecule has 0 radical (unpaired) electrons. The Morgan fingerprint density at radius 2 is 1.71 bits per heavy atom. The van der Waals surface area contributed by atoms with E-state index in [1.54, 1.807) is 0 Å². The first kappa shape index (κ1) is 10.5. The predicted octanol–water partition coefficient (Wildman–Crippen LogP) is 1.04. The van der Waals surface area contributed by atoms with Gasteiger partial charge in [-0.15, -0.1) is 0 Å². The summed E-state index contributed by atoms with van der Waals surface area (Å²) in [7, 11) is -0.166. The quantitative estimate of drug-likeness (QED) is 0.700. The van der Waals surface area contributed by atoms with E-state index >= 15 is 0 Å². The summed E-state index contributed by atoms with van der Waals surface area (Å²) >= 11 is 0.499. The van der Waals surface area contributed by atoms with Gasteiger partial charge in [0.2, 0.25) is 0 Å². The summed E-state index contributed by atoms with van der Waals surface area (Å²) in [6, 6.07) is 2.11. The van der Waals surface area contributed by atoms with Crippen LogP contribution in [0.4, 0.5) is 0 Å². The Bertz CT molecular complexity index is 303. The van der Waals surface area contributed by atoms with E-state index in [1.165, 1.54) is 5.46 Å². The van der Waals surface area contributed by atoms with Crippen LogP contribution in [0.1, 0.15) is 27.7 Å². The predicted molar refractivity (Wildman–Crippen MR) is 59.1 cm³/mol. The van der Waals surface area contributed by atoms with Crippen molar-refractivity contribution >= 4 is 27.1 Å². The van der Waals surface area contributed by atoms with Crippen LogP contribution in [0.3, 0.4) is 0 Å². The molecule has 0 aromatic carbocycles. The normalized spacial score (nSPS) is 24.1. The second-order valence-electron chi connectivity index (χ2n) is 4.64. The third kappa shape index (κ3) is 1.61. The Morgan fingerprint density at radius 3 is 2.14 bits per heavy atom. The van der Waals surface area contributed by atoms with E-state index in [2.05, 4.69) is 43.6 Å². The van der Waals surface area contributed by atoms with Gasteiger partial charge in [-0.05, 0) is 0 Å². The van der Waals surface area contributed by atoms with E-state index in [-0.39, 0.29) is 18.3 Å². The number of hydrogen-bond acceptors (Lipinski definition) is 2. The van der Waals surface area contributed by atoms with Crippen molar-refractivity contribution in [3.8, 4) is 0 Å². The molecule has 0 unspecified atom stereocenters. The van der Waals surface area contributed by atoms with Gasteiger partial charge in [-0.2, -0.15) is 0 Å². The Kier molecular flexibility index (Phi) is 2.43. The molecule has 4 heteroatoms. The van der Waals surface area contributed by atoms with E-state index in [9.17, 15) is 0 Å². The van der Waals surface area contributed by atoms with Gasteiger partial charge in [-0.1, -0.05) is 0 Å². The average Bonchev–Trinajstić information content (AvgIpc) is 2.58.